The molecule has 0 bridgehead atoms. The van der Waals surface area contributed by atoms with Crippen LogP contribution in [0.15, 0.2) is 12.1 Å². The van der Waals surface area contributed by atoms with Gasteiger partial charge in [-0.3, -0.25) is 9.59 Å². The topological polar surface area (TPSA) is 69.6 Å². The quantitative estimate of drug-likeness (QED) is 0.777. The van der Waals surface area contributed by atoms with E-state index in [1.165, 1.54) is 11.3 Å². The van der Waals surface area contributed by atoms with Crippen LogP contribution in [-0.2, 0) is 4.79 Å². The Bertz CT molecular complexity index is 556. The van der Waals surface area contributed by atoms with E-state index < -0.39 is 0 Å². The average Bonchev–Trinajstić information content (AvgIpc) is 2.80. The van der Waals surface area contributed by atoms with Crippen LogP contribution in [0.25, 0.3) is 0 Å². The van der Waals surface area contributed by atoms with Gasteiger partial charge in [0, 0.05) is 19.5 Å². The molecule has 1 saturated heterocycles. The van der Waals surface area contributed by atoms with Gasteiger partial charge in [-0.2, -0.15) is 0 Å². The third-order valence-electron chi connectivity index (χ3n) is 2.81. The zero-order valence-corrected chi connectivity index (χ0v) is 11.8. The molecule has 106 valence electrons. The first-order valence-corrected chi connectivity index (χ1v) is 7.28. The molecular formula is C14H16N2O3S. The molecule has 6 heteroatoms. The highest BCUT2D eigenvalue weighted by Crippen LogP contribution is 2.18. The number of nitrogens with zero attached hydrogens (tertiary/aromatic N) is 1. The molecule has 0 spiro atoms. The Labute approximate surface area is 121 Å². The maximum atomic E-state index is 12.3. The first-order chi connectivity index (χ1) is 9.70. The summed E-state index contributed by atoms with van der Waals surface area (Å²) < 4.78 is 0. The number of carbonyl (C=O) groups excluding carboxylic acids is 2. The molecule has 20 heavy (non-hydrogen) atoms. The minimum absolute atomic E-state index is 0.0348. The molecule has 2 amide bonds. The summed E-state index contributed by atoms with van der Waals surface area (Å²) in [6.45, 7) is 1.35. The second-order valence-electron chi connectivity index (χ2n) is 4.37. The van der Waals surface area contributed by atoms with Gasteiger partial charge in [-0.05, 0) is 18.6 Å². The zero-order chi connectivity index (χ0) is 14.4. The van der Waals surface area contributed by atoms with Crippen molar-refractivity contribution in [1.29, 1.82) is 0 Å². The number of nitrogens with one attached hydrogen (secondary N) is 1. The van der Waals surface area contributed by atoms with E-state index in [1.54, 1.807) is 17.0 Å². The average molecular weight is 292 g/mol. The summed E-state index contributed by atoms with van der Waals surface area (Å²) in [6, 6.07) is 3.53. The van der Waals surface area contributed by atoms with Gasteiger partial charge in [0.1, 0.15) is 0 Å². The number of amides is 2. The number of thiophene rings is 1. The monoisotopic (exact) mass is 292 g/mol. The lowest BCUT2D eigenvalue weighted by Gasteiger charge is -2.17. The first-order valence-electron chi connectivity index (χ1n) is 6.46. The molecule has 1 aliphatic heterocycles. The fourth-order valence-electron chi connectivity index (χ4n) is 1.86. The van der Waals surface area contributed by atoms with Crippen molar-refractivity contribution >= 4 is 23.2 Å². The number of aliphatic hydroxyl groups is 1. The summed E-state index contributed by atoms with van der Waals surface area (Å²) in [4.78, 5) is 26.7. The van der Waals surface area contributed by atoms with E-state index in [0.717, 1.165) is 11.3 Å². The van der Waals surface area contributed by atoms with E-state index >= 15 is 0 Å². The van der Waals surface area contributed by atoms with Crippen LogP contribution in [0.1, 0.15) is 27.4 Å². The van der Waals surface area contributed by atoms with Crippen LogP contribution in [0.4, 0.5) is 0 Å². The lowest BCUT2D eigenvalue weighted by atomic mass is 10.3. The number of aliphatic hydroxyl groups excluding tert-OH is 1. The summed E-state index contributed by atoms with van der Waals surface area (Å²) in [6.07, 6.45) is 1.19. The van der Waals surface area contributed by atoms with Gasteiger partial charge >= 0.3 is 0 Å². The van der Waals surface area contributed by atoms with Crippen LogP contribution in [0.3, 0.4) is 0 Å². The molecule has 5 nitrogen and oxygen atoms in total. The van der Waals surface area contributed by atoms with Crippen LogP contribution in [0.2, 0.25) is 0 Å². The Morgan fingerprint density at radius 2 is 2.35 bits per heavy atom. The number of hydrogen-bond acceptors (Lipinski definition) is 4. The normalized spacial score (nSPS) is 15.1. The Morgan fingerprint density at radius 3 is 3.15 bits per heavy atom. The van der Waals surface area contributed by atoms with Gasteiger partial charge in [-0.1, -0.05) is 11.8 Å². The zero-order valence-electron chi connectivity index (χ0n) is 11.0. The number of carbonyl (C=O) groups is 2. The van der Waals surface area contributed by atoms with Gasteiger partial charge in [-0.15, -0.1) is 11.3 Å². The second-order valence-corrected chi connectivity index (χ2v) is 5.45. The van der Waals surface area contributed by atoms with E-state index in [0.29, 0.717) is 24.4 Å². The van der Waals surface area contributed by atoms with Gasteiger partial charge < -0.3 is 15.3 Å². The summed E-state index contributed by atoms with van der Waals surface area (Å²) >= 11 is 1.31. The van der Waals surface area contributed by atoms with Crippen molar-refractivity contribution in [3.63, 3.8) is 0 Å². The van der Waals surface area contributed by atoms with Crippen LogP contribution < -0.4 is 5.32 Å². The van der Waals surface area contributed by atoms with Crippen LogP contribution in [0.5, 0.6) is 0 Å². The van der Waals surface area contributed by atoms with Crippen molar-refractivity contribution in [2.24, 2.45) is 0 Å². The lowest BCUT2D eigenvalue weighted by Crippen LogP contribution is -2.37. The van der Waals surface area contributed by atoms with Gasteiger partial charge in [-0.25, -0.2) is 0 Å². The summed E-state index contributed by atoms with van der Waals surface area (Å²) in [5.41, 5.74) is 0. The molecule has 0 radical (unpaired) electrons. The van der Waals surface area contributed by atoms with Crippen molar-refractivity contribution in [3.8, 4) is 11.8 Å². The highest BCUT2D eigenvalue weighted by Gasteiger charge is 2.21. The van der Waals surface area contributed by atoms with Crippen LogP contribution in [-0.4, -0.2) is 48.1 Å². The molecule has 2 N–H and O–H groups in total. The molecule has 0 aromatic carbocycles. The summed E-state index contributed by atoms with van der Waals surface area (Å²) in [7, 11) is 0. The van der Waals surface area contributed by atoms with Crippen molar-refractivity contribution in [2.75, 3.05) is 26.2 Å². The highest BCUT2D eigenvalue weighted by molar-refractivity contribution is 7.14. The Morgan fingerprint density at radius 1 is 1.50 bits per heavy atom. The molecule has 1 aromatic rings. The first kappa shape index (κ1) is 14.6. The van der Waals surface area contributed by atoms with Gasteiger partial charge in [0.2, 0.25) is 5.91 Å². The van der Waals surface area contributed by atoms with Gasteiger partial charge in [0.25, 0.3) is 5.91 Å². The summed E-state index contributed by atoms with van der Waals surface area (Å²) in [5, 5.41) is 11.4. The largest absolute Gasteiger partial charge is 0.395 e. The maximum absolute atomic E-state index is 12.3. The molecule has 1 aliphatic rings. The smallest absolute Gasteiger partial charge is 0.264 e. The number of rotatable bonds is 2. The van der Waals surface area contributed by atoms with Crippen molar-refractivity contribution < 1.29 is 14.7 Å². The SMILES string of the molecule is O=C1CN(C(=O)c2ccc(C#CCCO)s2)CCCN1. The minimum atomic E-state index is -0.123. The second kappa shape index (κ2) is 7.08. The van der Waals surface area contributed by atoms with E-state index in [1.807, 2.05) is 0 Å². The molecule has 0 aliphatic carbocycles. The summed E-state index contributed by atoms with van der Waals surface area (Å²) in [5.74, 6) is 5.49. The maximum Gasteiger partial charge on any atom is 0.264 e. The fourth-order valence-corrected chi connectivity index (χ4v) is 2.71. The molecule has 2 rings (SSSR count). The molecule has 2 heterocycles. The predicted molar refractivity (Wildman–Crippen MR) is 76.4 cm³/mol. The van der Waals surface area contributed by atoms with E-state index in [9.17, 15) is 9.59 Å². The highest BCUT2D eigenvalue weighted by atomic mass is 32.1. The Kier molecular flexibility index (Phi) is 5.16. The fraction of sp³-hybridized carbons (Fsp3) is 0.429. The van der Waals surface area contributed by atoms with Crippen molar-refractivity contribution in [1.82, 2.24) is 10.2 Å². The van der Waals surface area contributed by atoms with E-state index in [4.69, 9.17) is 5.11 Å². The minimum Gasteiger partial charge on any atom is -0.395 e. The third kappa shape index (κ3) is 3.83. The molecule has 0 saturated carbocycles. The van der Waals surface area contributed by atoms with Crippen LogP contribution >= 0.6 is 11.3 Å². The predicted octanol–water partition coefficient (Wildman–Crippen LogP) is 0.444. The standard InChI is InChI=1S/C14H16N2O3S/c17-9-2-1-4-11-5-6-12(20-11)14(19)16-8-3-7-15-13(18)10-16/h5-6,17H,2-3,7-10H2,(H,15,18). The van der Waals surface area contributed by atoms with Crippen molar-refractivity contribution in [3.05, 3.63) is 21.9 Å². The Hall–Kier alpha value is -1.84. The van der Waals surface area contributed by atoms with E-state index in [2.05, 4.69) is 17.2 Å². The molecule has 0 atom stereocenters. The van der Waals surface area contributed by atoms with Crippen molar-refractivity contribution in [2.45, 2.75) is 12.8 Å². The van der Waals surface area contributed by atoms with E-state index in [-0.39, 0.29) is 25.0 Å². The molecule has 0 unspecified atom stereocenters. The van der Waals surface area contributed by atoms with Gasteiger partial charge in [0.15, 0.2) is 0 Å². The van der Waals surface area contributed by atoms with Crippen LogP contribution in [0, 0.1) is 11.8 Å². The van der Waals surface area contributed by atoms with Gasteiger partial charge in [0.05, 0.1) is 22.9 Å². The molecule has 1 aromatic heterocycles. The molecule has 1 fully saturated rings. The third-order valence-corrected chi connectivity index (χ3v) is 3.80. The Balaban J connectivity index is 2.05. The lowest BCUT2D eigenvalue weighted by molar-refractivity contribution is -0.121. The number of hydrogen-bond donors (Lipinski definition) is 2. The molecular weight excluding hydrogens is 276 g/mol.